The first-order chi connectivity index (χ1) is 10.5. The van der Waals surface area contributed by atoms with E-state index in [4.69, 9.17) is 15.1 Å². The van der Waals surface area contributed by atoms with Gasteiger partial charge in [-0.15, -0.1) is 5.46 Å². The van der Waals surface area contributed by atoms with Crippen LogP contribution in [0.4, 0.5) is 0 Å². The fourth-order valence-corrected chi connectivity index (χ4v) is 2.66. The molecule has 3 N–H and O–H groups in total. The van der Waals surface area contributed by atoms with Gasteiger partial charge in [0.25, 0.3) is 0 Å². The zero-order valence-electron chi connectivity index (χ0n) is 14.0. The fourth-order valence-electron chi connectivity index (χ4n) is 2.66. The number of unbranched alkanes of at least 4 members (excludes halogenated alkanes) is 9. The van der Waals surface area contributed by atoms with Gasteiger partial charge in [-0.05, 0) is 18.6 Å². The second-order valence-electron chi connectivity index (χ2n) is 6.28. The Hall–Kier alpha value is -0.905. The van der Waals surface area contributed by atoms with E-state index in [1.807, 2.05) is 4.57 Å². The Labute approximate surface area is 134 Å². The van der Waals surface area contributed by atoms with Gasteiger partial charge in [0.05, 0.1) is 0 Å². The highest BCUT2D eigenvalue weighted by Gasteiger charge is 2.18. The summed E-state index contributed by atoms with van der Waals surface area (Å²) in [5.41, 5.74) is 0.152. The molecule has 0 aromatic carbocycles. The molecule has 1 rings (SSSR count). The largest absolute Gasteiger partial charge is 0.556 e. The van der Waals surface area contributed by atoms with Gasteiger partial charge < -0.3 is 15.1 Å². The van der Waals surface area contributed by atoms with Crippen molar-refractivity contribution in [3.63, 3.8) is 0 Å². The molecule has 5 heteroatoms. The molecule has 0 fully saturated rings. The second-order valence-corrected chi connectivity index (χ2v) is 6.28. The van der Waals surface area contributed by atoms with Gasteiger partial charge in [0, 0.05) is 6.42 Å². The zero-order valence-corrected chi connectivity index (χ0v) is 14.0. The number of hydrogen-bond donors (Lipinski definition) is 3. The highest BCUT2D eigenvalue weighted by molar-refractivity contribution is 6.71. The van der Waals surface area contributed by atoms with Crippen molar-refractivity contribution in [2.24, 2.45) is 0 Å². The lowest BCUT2D eigenvalue weighted by molar-refractivity contribution is -0.697. The summed E-state index contributed by atoms with van der Waals surface area (Å²) >= 11 is 0. The predicted molar refractivity (Wildman–Crippen MR) is 90.5 cm³/mol. The van der Waals surface area contributed by atoms with Crippen LogP contribution in [0.1, 0.15) is 71.1 Å². The van der Waals surface area contributed by atoms with Crippen molar-refractivity contribution < 1.29 is 19.6 Å². The highest BCUT2D eigenvalue weighted by Crippen LogP contribution is 2.10. The van der Waals surface area contributed by atoms with Crippen molar-refractivity contribution >= 4 is 12.2 Å². The lowest BCUT2D eigenvalue weighted by Crippen LogP contribution is -2.50. The van der Waals surface area contributed by atoms with E-state index in [9.17, 15) is 0 Å². The molecule has 0 unspecified atom stereocenters. The molecule has 0 spiro atoms. The summed E-state index contributed by atoms with van der Waals surface area (Å²) in [5, 5.41) is 27.3. The maximum Gasteiger partial charge on any atom is 0.402 e. The van der Waals surface area contributed by atoms with Crippen LogP contribution in [-0.4, -0.2) is 21.8 Å². The SMILES string of the molecule is CCCCCCCCCCCC[n+]1ccc([B-](O)(O)O)cc1. The summed E-state index contributed by atoms with van der Waals surface area (Å²) in [4.78, 5) is 0. The average Bonchev–Trinajstić information content (AvgIpc) is 2.49. The lowest BCUT2D eigenvalue weighted by atomic mass is 9.72. The van der Waals surface area contributed by atoms with Gasteiger partial charge in [0.2, 0.25) is 0 Å². The van der Waals surface area contributed by atoms with Crippen molar-refractivity contribution in [3.05, 3.63) is 24.5 Å². The standard InChI is InChI=1S/C17H32BNO3/c1-2-3-4-5-6-7-8-9-10-11-14-19-15-12-17(13-16-19)18(20,21)22/h12-13,15-16,20-22H,2-11,14H2,1H3. The van der Waals surface area contributed by atoms with Gasteiger partial charge in [-0.2, -0.15) is 0 Å². The molecule has 126 valence electrons. The van der Waals surface area contributed by atoms with Crippen LogP contribution in [0.15, 0.2) is 24.5 Å². The number of hydrogen-bond acceptors (Lipinski definition) is 3. The minimum Gasteiger partial charge on any atom is -0.556 e. The third-order valence-corrected chi connectivity index (χ3v) is 4.13. The molecule has 4 nitrogen and oxygen atoms in total. The van der Waals surface area contributed by atoms with E-state index in [1.54, 1.807) is 24.5 Å². The van der Waals surface area contributed by atoms with Crippen molar-refractivity contribution in [2.75, 3.05) is 0 Å². The van der Waals surface area contributed by atoms with Crippen LogP contribution in [0.25, 0.3) is 0 Å². The van der Waals surface area contributed by atoms with Gasteiger partial charge in [-0.25, -0.2) is 4.57 Å². The van der Waals surface area contributed by atoms with Gasteiger partial charge in [-0.3, -0.25) is 0 Å². The minimum atomic E-state index is -3.37. The van der Waals surface area contributed by atoms with Gasteiger partial charge in [0.1, 0.15) is 6.54 Å². The Bertz CT molecular complexity index is 390. The Kier molecular flexibility index (Phi) is 9.36. The summed E-state index contributed by atoms with van der Waals surface area (Å²) in [5.74, 6) is 0. The molecule has 0 aliphatic rings. The first kappa shape index (κ1) is 19.1. The summed E-state index contributed by atoms with van der Waals surface area (Å²) in [6.07, 6.45) is 16.8. The maximum absolute atomic E-state index is 9.11. The van der Waals surface area contributed by atoms with Crippen LogP contribution >= 0.6 is 0 Å². The summed E-state index contributed by atoms with van der Waals surface area (Å²) in [7, 11) is 0. The van der Waals surface area contributed by atoms with Crippen molar-refractivity contribution in [2.45, 2.75) is 77.7 Å². The first-order valence-electron chi connectivity index (χ1n) is 8.85. The van der Waals surface area contributed by atoms with Crippen LogP contribution in [0.2, 0.25) is 0 Å². The van der Waals surface area contributed by atoms with E-state index < -0.39 is 6.75 Å². The third kappa shape index (κ3) is 8.52. The van der Waals surface area contributed by atoms with Crippen LogP contribution in [0.3, 0.4) is 0 Å². The molecule has 1 aromatic rings. The quantitative estimate of drug-likeness (QED) is 0.314. The Balaban J connectivity index is 2.03. The second kappa shape index (κ2) is 10.8. The van der Waals surface area contributed by atoms with E-state index >= 15 is 0 Å². The van der Waals surface area contributed by atoms with E-state index in [-0.39, 0.29) is 5.46 Å². The molecule has 0 radical (unpaired) electrons. The molecule has 0 aliphatic heterocycles. The highest BCUT2D eigenvalue weighted by atomic mass is 16.5. The first-order valence-corrected chi connectivity index (χ1v) is 8.85. The molecule has 0 atom stereocenters. The molecule has 1 aromatic heterocycles. The Morgan fingerprint density at radius 3 is 1.68 bits per heavy atom. The molecule has 1 heterocycles. The Morgan fingerprint density at radius 2 is 1.23 bits per heavy atom. The predicted octanol–water partition coefficient (Wildman–Crippen LogP) is 2.02. The van der Waals surface area contributed by atoms with Gasteiger partial charge >= 0.3 is 6.75 Å². The number of aromatic nitrogens is 1. The smallest absolute Gasteiger partial charge is 0.402 e. The number of rotatable bonds is 12. The molecular formula is C17H32BNO3. The summed E-state index contributed by atoms with van der Waals surface area (Å²) in [6.45, 7) is -0.188. The van der Waals surface area contributed by atoms with Crippen LogP contribution in [0, 0.1) is 0 Å². The van der Waals surface area contributed by atoms with Crippen LogP contribution < -0.4 is 10.0 Å². The average molecular weight is 309 g/mol. The normalized spacial score (nSPS) is 11.8. The molecule has 0 saturated heterocycles. The lowest BCUT2D eigenvalue weighted by Gasteiger charge is -2.19. The zero-order chi connectivity index (χ0) is 16.3. The number of aryl methyl sites for hydroxylation is 1. The summed E-state index contributed by atoms with van der Waals surface area (Å²) in [6, 6.07) is 3.10. The molecule has 0 bridgehead atoms. The molecule has 0 aliphatic carbocycles. The molecule has 0 amide bonds. The maximum atomic E-state index is 9.11. The third-order valence-electron chi connectivity index (χ3n) is 4.13. The minimum absolute atomic E-state index is 0.152. The fraction of sp³-hybridized carbons (Fsp3) is 0.706. The number of pyridine rings is 1. The van der Waals surface area contributed by atoms with Crippen LogP contribution in [-0.2, 0) is 6.54 Å². The van der Waals surface area contributed by atoms with Gasteiger partial charge in [-0.1, -0.05) is 58.3 Å². The van der Waals surface area contributed by atoms with E-state index in [2.05, 4.69) is 6.92 Å². The molecule has 0 saturated carbocycles. The molecule has 22 heavy (non-hydrogen) atoms. The topological polar surface area (TPSA) is 64.6 Å². The monoisotopic (exact) mass is 309 g/mol. The summed E-state index contributed by atoms with van der Waals surface area (Å²) < 4.78 is 2.01. The molecular weight excluding hydrogens is 277 g/mol. The van der Waals surface area contributed by atoms with Crippen molar-refractivity contribution in [3.8, 4) is 0 Å². The van der Waals surface area contributed by atoms with Crippen LogP contribution in [0.5, 0.6) is 0 Å². The number of nitrogens with zero attached hydrogens (tertiary/aromatic N) is 1. The van der Waals surface area contributed by atoms with Gasteiger partial charge in [0.15, 0.2) is 12.4 Å². The van der Waals surface area contributed by atoms with Crippen molar-refractivity contribution in [1.29, 1.82) is 0 Å². The van der Waals surface area contributed by atoms with E-state index in [0.717, 1.165) is 13.0 Å². The van der Waals surface area contributed by atoms with E-state index in [0.29, 0.717) is 0 Å². The Morgan fingerprint density at radius 1 is 0.773 bits per heavy atom. The van der Waals surface area contributed by atoms with Crippen molar-refractivity contribution in [1.82, 2.24) is 0 Å². The van der Waals surface area contributed by atoms with E-state index in [1.165, 1.54) is 57.8 Å².